The third-order valence-corrected chi connectivity index (χ3v) is 5.74. The molecule has 0 saturated heterocycles. The number of carbonyl (C=O) groups excluding carboxylic acids is 1. The molecule has 1 amide bonds. The number of nitrogens with zero attached hydrogens (tertiary/aromatic N) is 4. The Morgan fingerprint density at radius 1 is 1.36 bits per heavy atom. The van der Waals surface area contributed by atoms with Crippen LogP contribution in [0.15, 0.2) is 41.1 Å². The molecule has 0 radical (unpaired) electrons. The second-order valence-corrected chi connectivity index (χ2v) is 7.91. The highest BCUT2D eigenvalue weighted by atomic mass is 32.2. The minimum atomic E-state index is 0.0267. The Kier molecular flexibility index (Phi) is 5.76. The molecule has 1 N–H and O–H groups in total. The second-order valence-electron chi connectivity index (χ2n) is 6.92. The van der Waals surface area contributed by atoms with E-state index in [1.807, 2.05) is 24.4 Å². The number of hydrogen-bond acceptors (Lipinski definition) is 6. The van der Waals surface area contributed by atoms with Gasteiger partial charge in [-0.15, -0.1) is 11.8 Å². The molecule has 1 aliphatic rings. The van der Waals surface area contributed by atoms with Crippen molar-refractivity contribution in [3.05, 3.63) is 65.1 Å². The third kappa shape index (κ3) is 4.44. The monoisotopic (exact) mass is 397 g/mol. The normalized spacial score (nSPS) is 16.0. The van der Waals surface area contributed by atoms with E-state index in [0.29, 0.717) is 23.2 Å². The predicted octanol–water partition coefficient (Wildman–Crippen LogP) is 3.05. The zero-order valence-electron chi connectivity index (χ0n) is 15.8. The third-order valence-electron chi connectivity index (χ3n) is 4.81. The molecule has 0 bridgehead atoms. The number of thioether (sulfide) groups is 1. The number of amides is 1. The van der Waals surface area contributed by atoms with E-state index >= 15 is 0 Å². The SMILES string of the molecule is Cc1nc(CSCC(=O)NC2CCCc3c2cnn3Cc2ccccc2)no1. The second kappa shape index (κ2) is 8.60. The lowest BCUT2D eigenvalue weighted by molar-refractivity contribution is -0.119. The highest BCUT2D eigenvalue weighted by Gasteiger charge is 2.25. The fourth-order valence-electron chi connectivity index (χ4n) is 3.53. The summed E-state index contributed by atoms with van der Waals surface area (Å²) in [6.07, 6.45) is 4.91. The van der Waals surface area contributed by atoms with Gasteiger partial charge in [-0.1, -0.05) is 35.5 Å². The molecule has 0 spiro atoms. The van der Waals surface area contributed by atoms with Crippen molar-refractivity contribution in [2.75, 3.05) is 5.75 Å². The smallest absolute Gasteiger partial charge is 0.230 e. The van der Waals surface area contributed by atoms with Gasteiger partial charge in [0.05, 0.1) is 30.3 Å². The topological polar surface area (TPSA) is 85.8 Å². The van der Waals surface area contributed by atoms with Crippen LogP contribution in [0.25, 0.3) is 0 Å². The molecule has 8 heteroatoms. The Labute approximate surface area is 167 Å². The van der Waals surface area contributed by atoms with Crippen LogP contribution in [0.3, 0.4) is 0 Å². The lowest BCUT2D eigenvalue weighted by Gasteiger charge is -2.24. The summed E-state index contributed by atoms with van der Waals surface area (Å²) in [5, 5.41) is 11.6. The van der Waals surface area contributed by atoms with Crippen LogP contribution in [0.4, 0.5) is 0 Å². The zero-order chi connectivity index (χ0) is 19.3. The average Bonchev–Trinajstić information content (AvgIpc) is 3.30. The van der Waals surface area contributed by atoms with Crippen LogP contribution in [-0.2, 0) is 23.5 Å². The van der Waals surface area contributed by atoms with Crippen molar-refractivity contribution in [1.29, 1.82) is 0 Å². The molecule has 2 heterocycles. The van der Waals surface area contributed by atoms with E-state index in [4.69, 9.17) is 4.52 Å². The summed E-state index contributed by atoms with van der Waals surface area (Å²) in [5.74, 6) is 2.13. The fourth-order valence-corrected chi connectivity index (χ4v) is 4.20. The molecule has 0 aliphatic heterocycles. The summed E-state index contributed by atoms with van der Waals surface area (Å²) in [7, 11) is 0. The molecular formula is C20H23N5O2S. The standard InChI is InChI=1S/C20H23N5O2S/c1-14-22-19(24-27-14)12-28-13-20(26)23-17-8-5-9-18-16(17)10-21-25(18)11-15-6-3-2-4-7-15/h2-4,6-7,10,17H,5,8-9,11-13H2,1H3,(H,23,26). The first-order valence-corrected chi connectivity index (χ1v) is 10.6. The van der Waals surface area contributed by atoms with Crippen LogP contribution in [-0.4, -0.2) is 31.6 Å². The summed E-state index contributed by atoms with van der Waals surface area (Å²) in [4.78, 5) is 16.5. The largest absolute Gasteiger partial charge is 0.348 e. The van der Waals surface area contributed by atoms with Crippen LogP contribution in [0.5, 0.6) is 0 Å². The van der Waals surface area contributed by atoms with Gasteiger partial charge in [0.25, 0.3) is 0 Å². The van der Waals surface area contributed by atoms with Gasteiger partial charge in [-0.3, -0.25) is 9.48 Å². The van der Waals surface area contributed by atoms with Gasteiger partial charge in [0.15, 0.2) is 5.82 Å². The molecule has 3 aromatic rings. The zero-order valence-corrected chi connectivity index (χ0v) is 16.6. The van der Waals surface area contributed by atoms with E-state index in [1.165, 1.54) is 23.0 Å². The Morgan fingerprint density at radius 3 is 3.00 bits per heavy atom. The van der Waals surface area contributed by atoms with Gasteiger partial charge >= 0.3 is 0 Å². The van der Waals surface area contributed by atoms with E-state index in [9.17, 15) is 4.79 Å². The predicted molar refractivity (Wildman–Crippen MR) is 107 cm³/mol. The Morgan fingerprint density at radius 2 is 2.21 bits per heavy atom. The lowest BCUT2D eigenvalue weighted by atomic mass is 9.93. The lowest BCUT2D eigenvalue weighted by Crippen LogP contribution is -2.32. The summed E-state index contributed by atoms with van der Waals surface area (Å²) >= 11 is 1.49. The minimum Gasteiger partial charge on any atom is -0.348 e. The summed E-state index contributed by atoms with van der Waals surface area (Å²) in [6, 6.07) is 10.4. The first kappa shape index (κ1) is 18.7. The quantitative estimate of drug-likeness (QED) is 0.659. The molecule has 7 nitrogen and oxygen atoms in total. The first-order valence-electron chi connectivity index (χ1n) is 9.44. The number of hydrogen-bond donors (Lipinski definition) is 1. The van der Waals surface area contributed by atoms with Gasteiger partial charge in [0, 0.05) is 18.2 Å². The van der Waals surface area contributed by atoms with Gasteiger partial charge in [0.1, 0.15) is 0 Å². The van der Waals surface area contributed by atoms with E-state index in [2.05, 4.69) is 37.4 Å². The number of aryl methyl sites for hydroxylation is 1. The van der Waals surface area contributed by atoms with Gasteiger partial charge in [-0.2, -0.15) is 10.1 Å². The van der Waals surface area contributed by atoms with Crippen molar-refractivity contribution in [2.24, 2.45) is 0 Å². The van der Waals surface area contributed by atoms with Crippen molar-refractivity contribution in [2.45, 2.75) is 44.5 Å². The van der Waals surface area contributed by atoms with E-state index in [0.717, 1.165) is 31.4 Å². The van der Waals surface area contributed by atoms with Crippen molar-refractivity contribution in [3.8, 4) is 0 Å². The first-order chi connectivity index (χ1) is 13.7. The molecule has 1 aromatic carbocycles. The molecule has 0 fully saturated rings. The maximum atomic E-state index is 12.4. The molecule has 4 rings (SSSR count). The van der Waals surface area contributed by atoms with E-state index < -0.39 is 0 Å². The van der Waals surface area contributed by atoms with Crippen molar-refractivity contribution in [1.82, 2.24) is 25.2 Å². The minimum absolute atomic E-state index is 0.0267. The fraction of sp³-hybridized carbons (Fsp3) is 0.400. The van der Waals surface area contributed by atoms with Crippen molar-refractivity contribution >= 4 is 17.7 Å². The molecule has 1 aliphatic carbocycles. The molecule has 28 heavy (non-hydrogen) atoms. The Bertz CT molecular complexity index is 937. The van der Waals surface area contributed by atoms with Crippen LogP contribution in [0.1, 0.15) is 47.4 Å². The highest BCUT2D eigenvalue weighted by Crippen LogP contribution is 2.30. The molecule has 146 valence electrons. The van der Waals surface area contributed by atoms with E-state index in [-0.39, 0.29) is 11.9 Å². The molecule has 1 atom stereocenters. The maximum Gasteiger partial charge on any atom is 0.230 e. The van der Waals surface area contributed by atoms with Gasteiger partial charge in [0.2, 0.25) is 11.8 Å². The van der Waals surface area contributed by atoms with Gasteiger partial charge in [-0.25, -0.2) is 0 Å². The van der Waals surface area contributed by atoms with Crippen LogP contribution in [0, 0.1) is 6.92 Å². The molecule has 1 unspecified atom stereocenters. The Balaban J connectivity index is 1.34. The van der Waals surface area contributed by atoms with Crippen LogP contribution in [0.2, 0.25) is 0 Å². The van der Waals surface area contributed by atoms with Gasteiger partial charge < -0.3 is 9.84 Å². The Hall–Kier alpha value is -2.61. The van der Waals surface area contributed by atoms with Crippen molar-refractivity contribution in [3.63, 3.8) is 0 Å². The summed E-state index contributed by atoms with van der Waals surface area (Å²) in [6.45, 7) is 2.52. The van der Waals surface area contributed by atoms with Crippen LogP contribution >= 0.6 is 11.8 Å². The maximum absolute atomic E-state index is 12.4. The van der Waals surface area contributed by atoms with Crippen LogP contribution < -0.4 is 5.32 Å². The number of benzene rings is 1. The summed E-state index contributed by atoms with van der Waals surface area (Å²) in [5.41, 5.74) is 3.61. The number of aromatic nitrogens is 4. The van der Waals surface area contributed by atoms with Crippen molar-refractivity contribution < 1.29 is 9.32 Å². The molecular weight excluding hydrogens is 374 g/mol. The summed E-state index contributed by atoms with van der Waals surface area (Å²) < 4.78 is 7.01. The number of fused-ring (bicyclic) bond motifs is 1. The number of rotatable bonds is 7. The molecule has 2 aromatic heterocycles. The van der Waals surface area contributed by atoms with Gasteiger partial charge in [-0.05, 0) is 24.8 Å². The number of carbonyl (C=O) groups is 1. The highest BCUT2D eigenvalue weighted by molar-refractivity contribution is 7.99. The molecule has 0 saturated carbocycles. The average molecular weight is 398 g/mol. The van der Waals surface area contributed by atoms with E-state index in [1.54, 1.807) is 6.92 Å². The number of nitrogens with one attached hydrogen (secondary N) is 1.